The molecule has 166 valence electrons. The van der Waals surface area contributed by atoms with Gasteiger partial charge in [0.25, 0.3) is 0 Å². The third kappa shape index (κ3) is 3.70. The monoisotopic (exact) mass is 468 g/mol. The van der Waals surface area contributed by atoms with Crippen LogP contribution in [0.3, 0.4) is 0 Å². The summed E-state index contributed by atoms with van der Waals surface area (Å²) >= 11 is 6.21. The fraction of sp³-hybridized carbons (Fsp3) is 0.421. The third-order valence-corrected chi connectivity index (χ3v) is 6.88. The normalized spacial score (nSPS) is 18.5. The van der Waals surface area contributed by atoms with E-state index in [-0.39, 0.29) is 29.4 Å². The Balaban J connectivity index is 1.92. The maximum absolute atomic E-state index is 15.0. The highest BCUT2D eigenvalue weighted by molar-refractivity contribution is 7.88. The van der Waals surface area contributed by atoms with Crippen molar-refractivity contribution in [2.45, 2.75) is 39.5 Å². The molecule has 0 unspecified atom stereocenters. The summed E-state index contributed by atoms with van der Waals surface area (Å²) in [5.74, 6) is -0.134. The van der Waals surface area contributed by atoms with E-state index in [9.17, 15) is 8.42 Å². The van der Waals surface area contributed by atoms with Crippen molar-refractivity contribution in [3.8, 4) is 5.75 Å². The average molecular weight is 469 g/mol. The van der Waals surface area contributed by atoms with Crippen molar-refractivity contribution < 1.29 is 17.5 Å². The Hall–Kier alpha value is -2.50. The minimum atomic E-state index is -3.57. The Kier molecular flexibility index (Phi) is 5.31. The van der Waals surface area contributed by atoms with Crippen molar-refractivity contribution in [3.05, 3.63) is 40.1 Å². The Bertz CT molecular complexity index is 1300. The molecule has 0 spiro atoms. The molecule has 2 aromatic heterocycles. The molecule has 0 radical (unpaired) electrons. The molecule has 2 N–H and O–H groups in total. The molecular weight excluding hydrogens is 447 g/mol. The molecule has 1 aliphatic heterocycles. The van der Waals surface area contributed by atoms with E-state index >= 15 is 4.39 Å². The van der Waals surface area contributed by atoms with E-state index in [0.717, 1.165) is 6.26 Å². The van der Waals surface area contributed by atoms with Gasteiger partial charge in [0, 0.05) is 17.7 Å². The third-order valence-electron chi connectivity index (χ3n) is 5.39. The second kappa shape index (κ2) is 7.57. The highest BCUT2D eigenvalue weighted by Gasteiger charge is 2.33. The molecule has 31 heavy (non-hydrogen) atoms. The number of aromatic nitrogens is 4. The molecule has 1 aromatic carbocycles. The molecule has 2 atom stereocenters. The number of nitrogens with zero attached hydrogens (tertiary/aromatic N) is 5. The summed E-state index contributed by atoms with van der Waals surface area (Å²) in [5, 5.41) is 5.06. The lowest BCUT2D eigenvalue weighted by Gasteiger charge is -2.22. The molecule has 0 amide bonds. The van der Waals surface area contributed by atoms with Crippen molar-refractivity contribution in [2.75, 3.05) is 18.5 Å². The number of rotatable bonds is 3. The molecule has 9 nitrogen and oxygen atoms in total. The summed E-state index contributed by atoms with van der Waals surface area (Å²) in [5.41, 5.74) is 7.82. The van der Waals surface area contributed by atoms with Crippen molar-refractivity contribution in [1.82, 2.24) is 24.1 Å². The van der Waals surface area contributed by atoms with E-state index in [1.807, 2.05) is 6.92 Å². The lowest BCUT2D eigenvalue weighted by Crippen LogP contribution is -2.35. The number of benzene rings is 1. The van der Waals surface area contributed by atoms with Crippen LogP contribution in [-0.2, 0) is 16.6 Å². The zero-order chi connectivity index (χ0) is 22.7. The van der Waals surface area contributed by atoms with Gasteiger partial charge < -0.3 is 10.5 Å². The summed E-state index contributed by atoms with van der Waals surface area (Å²) in [7, 11) is -3.57. The van der Waals surface area contributed by atoms with Gasteiger partial charge in [0.05, 0.1) is 34.9 Å². The lowest BCUT2D eigenvalue weighted by molar-refractivity contribution is 0.199. The van der Waals surface area contributed by atoms with E-state index in [0.29, 0.717) is 28.1 Å². The lowest BCUT2D eigenvalue weighted by atomic mass is 10.0. The van der Waals surface area contributed by atoms with Gasteiger partial charge in [0.15, 0.2) is 5.65 Å². The molecule has 1 aliphatic rings. The van der Waals surface area contributed by atoms with Gasteiger partial charge >= 0.3 is 0 Å². The summed E-state index contributed by atoms with van der Waals surface area (Å²) in [6, 6.07) is 1.02. The van der Waals surface area contributed by atoms with Crippen molar-refractivity contribution in [2.24, 2.45) is 0 Å². The maximum atomic E-state index is 15.0. The largest absolute Gasteiger partial charge is 0.489 e. The highest BCUT2D eigenvalue weighted by Crippen LogP contribution is 2.40. The standard InChI is InChI=1S/C19H22ClFN6O3S/c1-9-6-26(31(4,28)29)7-13-16(21)14(20)5-12(17(13)30-9)11(3)27-19-15(10(2)25-27)18(22)23-8-24-19/h5,8-9,11H,6-7H2,1-4H3,(H2,22,23,24)/t9-,11-/m1/s1. The van der Waals surface area contributed by atoms with Crippen molar-refractivity contribution in [1.29, 1.82) is 0 Å². The number of hydrogen-bond acceptors (Lipinski definition) is 7. The first-order valence-corrected chi connectivity index (χ1v) is 11.8. The molecule has 0 saturated carbocycles. The fourth-order valence-corrected chi connectivity index (χ4v) is 4.94. The number of sulfonamides is 1. The quantitative estimate of drug-likeness (QED) is 0.628. The van der Waals surface area contributed by atoms with Gasteiger partial charge in [-0.25, -0.2) is 27.5 Å². The number of hydrogen-bond donors (Lipinski definition) is 1. The highest BCUT2D eigenvalue weighted by atomic mass is 35.5. The molecule has 4 rings (SSSR count). The molecule has 0 fully saturated rings. The smallest absolute Gasteiger partial charge is 0.211 e. The minimum absolute atomic E-state index is 0.0892. The summed E-state index contributed by atoms with van der Waals surface area (Å²) in [4.78, 5) is 8.33. The fourth-order valence-electron chi connectivity index (χ4n) is 3.86. The van der Waals surface area contributed by atoms with Gasteiger partial charge in [-0.1, -0.05) is 11.6 Å². The number of nitrogen functional groups attached to an aromatic ring is 1. The number of halogens is 2. The Morgan fingerprint density at radius 3 is 2.77 bits per heavy atom. The second-order valence-electron chi connectivity index (χ2n) is 7.72. The average Bonchev–Trinajstić information content (AvgIpc) is 2.91. The molecule has 3 aromatic rings. The number of fused-ring (bicyclic) bond motifs is 2. The van der Waals surface area contributed by atoms with E-state index in [1.165, 1.54) is 16.7 Å². The minimum Gasteiger partial charge on any atom is -0.489 e. The SMILES string of the molecule is Cc1nn([C@H](C)c2cc(Cl)c(F)c3c2O[C@H](C)CN(S(C)(=O)=O)C3)c2ncnc(N)c12. The van der Waals surface area contributed by atoms with Gasteiger partial charge in [0.2, 0.25) is 10.0 Å². The van der Waals surface area contributed by atoms with Gasteiger partial charge in [-0.3, -0.25) is 0 Å². The first-order chi connectivity index (χ1) is 14.5. The van der Waals surface area contributed by atoms with Crippen LogP contribution >= 0.6 is 11.6 Å². The van der Waals surface area contributed by atoms with E-state index in [1.54, 1.807) is 18.5 Å². The van der Waals surface area contributed by atoms with Crippen LogP contribution < -0.4 is 10.5 Å². The zero-order valence-electron chi connectivity index (χ0n) is 17.4. The van der Waals surface area contributed by atoms with Gasteiger partial charge in [-0.2, -0.15) is 9.40 Å². The molecular formula is C19H22ClFN6O3S. The van der Waals surface area contributed by atoms with Crippen molar-refractivity contribution >= 4 is 38.5 Å². The first kappa shape index (κ1) is 21.7. The molecule has 12 heteroatoms. The zero-order valence-corrected chi connectivity index (χ0v) is 19.0. The molecule has 0 saturated heterocycles. The second-order valence-corrected chi connectivity index (χ2v) is 10.1. The number of aryl methyl sites for hydroxylation is 1. The van der Waals surface area contributed by atoms with E-state index in [2.05, 4.69) is 15.1 Å². The van der Waals surface area contributed by atoms with Gasteiger partial charge in [0.1, 0.15) is 29.8 Å². The Labute approximate surface area is 184 Å². The summed E-state index contributed by atoms with van der Waals surface area (Å²) < 4.78 is 48.3. The van der Waals surface area contributed by atoms with Crippen LogP contribution in [0.5, 0.6) is 5.75 Å². The number of anilines is 1. The van der Waals surface area contributed by atoms with Crippen molar-refractivity contribution in [3.63, 3.8) is 0 Å². The van der Waals surface area contributed by atoms with Crippen LogP contribution in [0.4, 0.5) is 10.2 Å². The van der Waals surface area contributed by atoms with E-state index < -0.39 is 28.0 Å². The van der Waals surface area contributed by atoms with Gasteiger partial charge in [-0.05, 0) is 26.8 Å². The number of ether oxygens (including phenoxy) is 1. The summed E-state index contributed by atoms with van der Waals surface area (Å²) in [6.07, 6.45) is 1.93. The maximum Gasteiger partial charge on any atom is 0.211 e. The molecule has 3 heterocycles. The predicted octanol–water partition coefficient (Wildman–Crippen LogP) is 2.66. The molecule has 0 aliphatic carbocycles. The van der Waals surface area contributed by atoms with Crippen LogP contribution in [-0.4, -0.2) is 51.4 Å². The topological polar surface area (TPSA) is 116 Å². The molecule has 0 bridgehead atoms. The van der Waals surface area contributed by atoms with Crippen LogP contribution in [0.25, 0.3) is 11.0 Å². The predicted molar refractivity (Wildman–Crippen MR) is 115 cm³/mol. The van der Waals surface area contributed by atoms with Crippen LogP contribution in [0, 0.1) is 12.7 Å². The summed E-state index contributed by atoms with van der Waals surface area (Å²) in [6.45, 7) is 5.29. The number of nitrogens with two attached hydrogens (primary N) is 1. The van der Waals surface area contributed by atoms with E-state index in [4.69, 9.17) is 22.1 Å². The van der Waals surface area contributed by atoms with Crippen LogP contribution in [0.2, 0.25) is 5.02 Å². The Morgan fingerprint density at radius 2 is 2.10 bits per heavy atom. The van der Waals surface area contributed by atoms with Crippen LogP contribution in [0.15, 0.2) is 12.4 Å². The van der Waals surface area contributed by atoms with Crippen LogP contribution in [0.1, 0.15) is 36.7 Å². The van der Waals surface area contributed by atoms with Gasteiger partial charge in [-0.15, -0.1) is 0 Å². The first-order valence-electron chi connectivity index (χ1n) is 9.56. The Morgan fingerprint density at radius 1 is 1.39 bits per heavy atom.